The van der Waals surface area contributed by atoms with Gasteiger partial charge in [0, 0.05) is 91.2 Å². The number of carbonyl (C=O) groups excluding carboxylic acids is 3. The predicted molar refractivity (Wildman–Crippen MR) is 451 cm³/mol. The minimum absolute atomic E-state index is 0.0812. The molecule has 6 bridgehead atoms. The first kappa shape index (κ1) is 82.7. The number of sulfonamides is 3. The molecule has 3 saturated carbocycles. The van der Waals surface area contributed by atoms with Gasteiger partial charge in [-0.3, -0.25) is 14.4 Å². The molecule has 636 valence electrons. The summed E-state index contributed by atoms with van der Waals surface area (Å²) in [7, 11) is -12.6. The molecule has 3 atom stereocenters. The van der Waals surface area contributed by atoms with Crippen LogP contribution in [0.25, 0.3) is 17.5 Å². The summed E-state index contributed by atoms with van der Waals surface area (Å²) in [6.07, 6.45) is 23.5. The van der Waals surface area contributed by atoms with Crippen LogP contribution >= 0.6 is 0 Å². The van der Waals surface area contributed by atoms with Crippen molar-refractivity contribution < 1.29 is 53.8 Å². The maximum atomic E-state index is 13.5. The van der Waals surface area contributed by atoms with E-state index in [0.29, 0.717) is 126 Å². The van der Waals surface area contributed by atoms with Crippen LogP contribution < -0.4 is 59.0 Å². The van der Waals surface area contributed by atoms with Gasteiger partial charge in [0.2, 0.25) is 17.6 Å². The van der Waals surface area contributed by atoms with Crippen LogP contribution in [0, 0.1) is 16.2 Å². The molecule has 6 aliphatic heterocycles. The topological polar surface area (TPSA) is 394 Å². The summed E-state index contributed by atoms with van der Waals surface area (Å²) in [5.74, 6) is 3.41. The fourth-order valence-corrected chi connectivity index (χ4v) is 19.5. The van der Waals surface area contributed by atoms with Crippen LogP contribution in [0.5, 0.6) is 17.6 Å². The van der Waals surface area contributed by atoms with Gasteiger partial charge in [-0.1, -0.05) is 39.0 Å². The Kier molecular flexibility index (Phi) is 22.2. The summed E-state index contributed by atoms with van der Waals surface area (Å²) in [5, 5.41) is 22.7. The molecule has 3 saturated heterocycles. The highest BCUT2D eigenvalue weighted by Gasteiger charge is 2.47. The molecule has 6 N–H and O–H groups in total. The molecule has 0 spiro atoms. The lowest BCUT2D eigenvalue weighted by atomic mass is 10.0. The Hall–Kier alpha value is -11.0. The maximum absolute atomic E-state index is 13.5. The van der Waals surface area contributed by atoms with Gasteiger partial charge in [-0.05, 0) is 246 Å². The zero-order valence-electron chi connectivity index (χ0n) is 69.2. The minimum atomic E-state index is -4.21. The van der Waals surface area contributed by atoms with Crippen molar-refractivity contribution >= 4 is 82.7 Å². The van der Waals surface area contributed by atoms with Gasteiger partial charge < -0.3 is 44.9 Å². The first-order valence-corrected chi connectivity index (χ1v) is 45.9. The van der Waals surface area contributed by atoms with E-state index in [1.54, 1.807) is 124 Å². The van der Waals surface area contributed by atoms with Crippen LogP contribution in [-0.4, -0.2) is 176 Å². The molecular weight excluding hydrogens is 1590 g/mol. The molecule has 120 heavy (non-hydrogen) atoms. The van der Waals surface area contributed by atoms with E-state index in [9.17, 15) is 39.6 Å². The molecule has 6 fully saturated rings. The third kappa shape index (κ3) is 18.3. The summed E-state index contributed by atoms with van der Waals surface area (Å²) in [6.45, 7) is 23.1. The predicted octanol–water partition coefficient (Wildman–Crippen LogP) is 11.7. The van der Waals surface area contributed by atoms with Gasteiger partial charge in [0.05, 0.1) is 36.5 Å². The minimum Gasteiger partial charge on any atom is -0.477 e. The Morgan fingerprint density at radius 2 is 0.625 bits per heavy atom. The van der Waals surface area contributed by atoms with Gasteiger partial charge in [0.25, 0.3) is 47.8 Å². The molecule has 3 unspecified atom stereocenters. The third-order valence-electron chi connectivity index (χ3n) is 24.9. The van der Waals surface area contributed by atoms with Crippen LogP contribution in [0.2, 0.25) is 0 Å². The number of rotatable bonds is 15. The Morgan fingerprint density at radius 3 is 0.892 bits per heavy atom. The fraction of sp³-hybridized carbons (Fsp3) is 0.500. The Bertz CT molecular complexity index is 5190. The average Bonchev–Trinajstić information content (AvgIpc) is 1.60. The summed E-state index contributed by atoms with van der Waals surface area (Å²) in [4.78, 5) is 74.5. The number of amides is 3. The third-order valence-corrected chi connectivity index (χ3v) is 28.6. The highest BCUT2D eigenvalue weighted by atomic mass is 32.2. The molecule has 9 aliphatic rings. The van der Waals surface area contributed by atoms with Gasteiger partial charge in [-0.2, -0.15) is 25.3 Å². The SMILES string of the molecule is CC1(CCOc2ccn(-c3ccc4c(n3)N3C(CCNc5cccc(n5)S(=O)(=O)NC4=O)CCC3(C)C)n2)CC1.CC1(CCOc2ccn(-c3ccc4c(n3)N3C(CCNc5cccc(n5)S(=O)(=O)NC4=O)CCC3(C)C)n2)CC1.CC1(CCOc2ccn(-c3ccc4c(n3)N3C(CCNc5cccc(n5)S(=O)(=O)NC4=O)CCC3(C)C)n2)CC1. The monoisotopic (exact) mass is 1700 g/mol. The van der Waals surface area contributed by atoms with Gasteiger partial charge >= 0.3 is 0 Å². The van der Waals surface area contributed by atoms with Gasteiger partial charge in [-0.25, -0.2) is 58.1 Å². The van der Waals surface area contributed by atoms with E-state index in [1.807, 2.05) is 0 Å². The number of anilines is 6. The van der Waals surface area contributed by atoms with E-state index in [4.69, 9.17) is 29.2 Å². The van der Waals surface area contributed by atoms with E-state index < -0.39 is 47.8 Å². The van der Waals surface area contributed by atoms with Crippen molar-refractivity contribution in [3.8, 4) is 35.1 Å². The van der Waals surface area contributed by atoms with E-state index >= 15 is 0 Å². The van der Waals surface area contributed by atoms with Crippen molar-refractivity contribution in [1.29, 1.82) is 0 Å². The molecule has 33 nitrogen and oxygen atoms in total. The molecule has 0 radical (unpaired) electrons. The first-order valence-electron chi connectivity index (χ1n) is 41.4. The second kappa shape index (κ2) is 32.2. The standard InChI is InChI=1S/3C28H35N7O4S/c3*1-27(2)12-9-19-10-16-29-21-5-4-6-24(30-21)40(37,38)33-26(36)20-7-8-22(31-25(20)35(19)27)34-17-11-23(32-34)39-18-15-28(3)13-14-28/h3*4-8,11,17,19H,9-10,12-16,18H2,1-3H3,(H,29,30)(H,33,36). The van der Waals surface area contributed by atoms with Crippen LogP contribution in [0.1, 0.15) is 209 Å². The summed E-state index contributed by atoms with van der Waals surface area (Å²) < 4.78 is 108. The highest BCUT2D eigenvalue weighted by Crippen LogP contribution is 2.51. The molecule has 3 aliphatic carbocycles. The van der Waals surface area contributed by atoms with Crippen LogP contribution in [0.4, 0.5) is 34.9 Å². The number of pyridine rings is 6. The second-order valence-electron chi connectivity index (χ2n) is 35.8. The van der Waals surface area contributed by atoms with Crippen LogP contribution in [-0.2, 0) is 30.1 Å². The van der Waals surface area contributed by atoms with Crippen molar-refractivity contribution in [3.05, 3.63) is 144 Å². The normalized spacial score (nSPS) is 22.4. The van der Waals surface area contributed by atoms with Crippen LogP contribution in [0.3, 0.4) is 0 Å². The zero-order valence-corrected chi connectivity index (χ0v) is 71.6. The number of fused-ring (bicyclic) bond motifs is 15. The summed E-state index contributed by atoms with van der Waals surface area (Å²) in [6, 6.07) is 29.6. The quantitative estimate of drug-likeness (QED) is 0.0555. The van der Waals surface area contributed by atoms with E-state index in [0.717, 1.165) is 77.0 Å². The smallest absolute Gasteiger partial charge is 0.281 e. The van der Waals surface area contributed by atoms with E-state index in [-0.39, 0.29) is 66.5 Å². The van der Waals surface area contributed by atoms with Crippen molar-refractivity contribution in [2.75, 3.05) is 70.1 Å². The number of hydrogen-bond acceptors (Lipinski definition) is 27. The fourth-order valence-electron chi connectivity index (χ4n) is 16.7. The molecule has 15 heterocycles. The molecule has 9 aromatic rings. The van der Waals surface area contributed by atoms with Gasteiger partial charge in [-0.15, -0.1) is 15.3 Å². The largest absolute Gasteiger partial charge is 0.477 e. The highest BCUT2D eigenvalue weighted by molar-refractivity contribution is 7.90. The Morgan fingerprint density at radius 1 is 0.350 bits per heavy atom. The van der Waals surface area contributed by atoms with E-state index in [2.05, 4.69) is 137 Å². The lowest BCUT2D eigenvalue weighted by Gasteiger charge is -2.38. The van der Waals surface area contributed by atoms with Crippen LogP contribution in [0.15, 0.2) is 143 Å². The van der Waals surface area contributed by atoms with Crippen molar-refractivity contribution in [1.82, 2.24) is 73.4 Å². The zero-order chi connectivity index (χ0) is 84.4. The van der Waals surface area contributed by atoms with Crippen molar-refractivity contribution in [2.24, 2.45) is 16.2 Å². The number of aromatic nitrogens is 12. The summed E-state index contributed by atoms with van der Waals surface area (Å²) in [5.41, 5.74) is 0.804. The van der Waals surface area contributed by atoms with Gasteiger partial charge in [0.15, 0.2) is 32.5 Å². The number of ether oxygens (including phenoxy) is 3. The molecular formula is C84H105N21O12S3. The molecule has 0 aromatic carbocycles. The number of carbonyl (C=O) groups is 3. The van der Waals surface area contributed by atoms with Crippen molar-refractivity contribution in [2.45, 2.75) is 228 Å². The lowest BCUT2D eigenvalue weighted by Crippen LogP contribution is -2.45. The van der Waals surface area contributed by atoms with Gasteiger partial charge in [0.1, 0.15) is 34.9 Å². The molecule has 9 aromatic heterocycles. The molecule has 36 heteroatoms. The van der Waals surface area contributed by atoms with E-state index in [1.165, 1.54) is 56.7 Å². The molecule has 18 rings (SSSR count). The second-order valence-corrected chi connectivity index (χ2v) is 40.7. The lowest BCUT2D eigenvalue weighted by molar-refractivity contribution is 0.0972. The Balaban J connectivity index is 0.000000134. The molecule has 3 amide bonds. The number of nitrogens with zero attached hydrogens (tertiary/aromatic N) is 15. The number of nitrogens with one attached hydrogen (secondary N) is 6. The Labute approximate surface area is 699 Å². The average molecular weight is 1700 g/mol. The van der Waals surface area contributed by atoms with Crippen molar-refractivity contribution in [3.63, 3.8) is 0 Å². The first-order chi connectivity index (χ1) is 57.1. The summed E-state index contributed by atoms with van der Waals surface area (Å²) >= 11 is 0. The number of hydrogen-bond donors (Lipinski definition) is 6. The maximum Gasteiger partial charge on any atom is 0.281 e.